The van der Waals surface area contributed by atoms with E-state index in [1.807, 2.05) is 80.6 Å². The minimum Gasteiger partial charge on any atom is -0.491 e. The molecule has 0 spiro atoms. The molecule has 12 nitrogen and oxygen atoms in total. The molecule has 66 heavy (non-hydrogen) atoms. The number of amides is 2. The lowest BCUT2D eigenvalue weighted by Gasteiger charge is -2.24. The highest BCUT2D eigenvalue weighted by Gasteiger charge is 2.38. The third-order valence-corrected chi connectivity index (χ3v) is 12.5. The maximum Gasteiger partial charge on any atom is 0.414 e. The van der Waals surface area contributed by atoms with Gasteiger partial charge < -0.3 is 37.9 Å². The van der Waals surface area contributed by atoms with Gasteiger partial charge in [0.25, 0.3) is 0 Å². The van der Waals surface area contributed by atoms with E-state index in [2.05, 4.69) is 44.2 Å². The molecule has 0 bridgehead atoms. The topological polar surface area (TPSA) is 121 Å². The van der Waals surface area contributed by atoms with Gasteiger partial charge in [-0.2, -0.15) is 0 Å². The van der Waals surface area contributed by atoms with Gasteiger partial charge in [0.05, 0.1) is 37.7 Å². The number of rotatable bonds is 22. The van der Waals surface area contributed by atoms with Gasteiger partial charge >= 0.3 is 12.2 Å². The average molecular weight is 897 g/mol. The number of ether oxygens (including phenoxy) is 8. The molecule has 5 aromatic rings. The molecule has 0 aromatic heterocycles. The summed E-state index contributed by atoms with van der Waals surface area (Å²) in [6.45, 7) is 11.8. The molecule has 4 saturated heterocycles. The van der Waals surface area contributed by atoms with E-state index in [0.717, 1.165) is 93.6 Å². The Morgan fingerprint density at radius 1 is 0.470 bits per heavy atom. The second kappa shape index (κ2) is 20.5. The molecule has 4 fully saturated rings. The molecule has 4 aliphatic heterocycles. The van der Waals surface area contributed by atoms with Crippen molar-refractivity contribution in [2.45, 2.75) is 90.6 Å². The number of epoxide rings is 2. The second-order valence-electron chi connectivity index (χ2n) is 17.4. The van der Waals surface area contributed by atoms with Gasteiger partial charge in [0.1, 0.15) is 61.6 Å². The normalized spacial score (nSPS) is 19.7. The first-order valence-corrected chi connectivity index (χ1v) is 23.5. The van der Waals surface area contributed by atoms with E-state index in [4.69, 9.17) is 37.9 Å². The van der Waals surface area contributed by atoms with Crippen molar-refractivity contribution >= 4 is 23.6 Å². The molecule has 0 radical (unpaired) electrons. The number of anilines is 2. The summed E-state index contributed by atoms with van der Waals surface area (Å²) in [6.07, 6.45) is 2.58. The van der Waals surface area contributed by atoms with Crippen LogP contribution >= 0.6 is 0 Å². The van der Waals surface area contributed by atoms with Crippen molar-refractivity contribution in [3.8, 4) is 23.0 Å². The van der Waals surface area contributed by atoms with Gasteiger partial charge in [-0.05, 0) is 95.5 Å². The molecule has 4 aliphatic rings. The Balaban J connectivity index is 0.875. The first-order chi connectivity index (χ1) is 32.3. The first kappa shape index (κ1) is 44.9. The van der Waals surface area contributed by atoms with Crippen molar-refractivity contribution in [2.24, 2.45) is 0 Å². The van der Waals surface area contributed by atoms with Gasteiger partial charge in [0.15, 0.2) is 12.2 Å². The van der Waals surface area contributed by atoms with Crippen LogP contribution in [0.4, 0.5) is 21.0 Å². The van der Waals surface area contributed by atoms with Crippen LogP contribution in [0.15, 0.2) is 97.1 Å². The van der Waals surface area contributed by atoms with Crippen LogP contribution in [0.25, 0.3) is 0 Å². The number of aryl methyl sites for hydroxylation is 4. The number of carbonyl (C=O) groups excluding carboxylic acids is 2. The standard InChI is InChI=1S/C54H60N2O10/c1-5-37-26-50(56-28-46(66-54(56)58)30-63-51-39(7-3)22-44(60-31-47-32-61-47)24-41(51)19-35-15-11-9-12-16-35)38(6-2)25-49(37)55-27-45(65-53(55)57)29-59-43-21-40(8-4)52(64-34-48-33-62-48)42(23-43)20-36-17-13-10-14-18-36/h9-18,21-26,45-48H,5-8,19-20,27-34H2,1-4H3. The molecule has 0 aliphatic carbocycles. The first-order valence-electron chi connectivity index (χ1n) is 23.5. The van der Waals surface area contributed by atoms with Gasteiger partial charge in [0.2, 0.25) is 0 Å². The lowest BCUT2D eigenvalue weighted by atomic mass is 9.99. The van der Waals surface area contributed by atoms with Crippen LogP contribution in [0.5, 0.6) is 23.0 Å². The summed E-state index contributed by atoms with van der Waals surface area (Å²) in [5.74, 6) is 3.16. The van der Waals surface area contributed by atoms with E-state index in [0.29, 0.717) is 57.7 Å². The van der Waals surface area contributed by atoms with E-state index in [1.165, 1.54) is 5.56 Å². The largest absolute Gasteiger partial charge is 0.491 e. The number of benzene rings is 5. The lowest BCUT2D eigenvalue weighted by molar-refractivity contribution is 0.104. The van der Waals surface area contributed by atoms with Crippen molar-refractivity contribution < 1.29 is 47.5 Å². The fourth-order valence-electron chi connectivity index (χ4n) is 8.80. The summed E-state index contributed by atoms with van der Waals surface area (Å²) in [6, 6.07) is 32.8. The van der Waals surface area contributed by atoms with Gasteiger partial charge in [-0.3, -0.25) is 9.80 Å². The molecule has 0 saturated carbocycles. The second-order valence-corrected chi connectivity index (χ2v) is 17.4. The van der Waals surface area contributed by atoms with E-state index < -0.39 is 24.4 Å². The van der Waals surface area contributed by atoms with Crippen molar-refractivity contribution in [3.05, 3.63) is 142 Å². The Kier molecular flexibility index (Phi) is 14.0. The van der Waals surface area contributed by atoms with E-state index in [-0.39, 0.29) is 25.4 Å². The van der Waals surface area contributed by atoms with Gasteiger partial charge in [-0.25, -0.2) is 9.59 Å². The summed E-state index contributed by atoms with van der Waals surface area (Å²) < 4.78 is 48.2. The van der Waals surface area contributed by atoms with Crippen LogP contribution in [-0.2, 0) is 57.5 Å². The summed E-state index contributed by atoms with van der Waals surface area (Å²) >= 11 is 0. The Labute approximate surface area is 387 Å². The smallest absolute Gasteiger partial charge is 0.414 e. The Bertz CT molecular complexity index is 2490. The predicted octanol–water partition coefficient (Wildman–Crippen LogP) is 9.48. The minimum atomic E-state index is -0.498. The van der Waals surface area contributed by atoms with Crippen molar-refractivity contribution in [1.82, 2.24) is 0 Å². The summed E-state index contributed by atoms with van der Waals surface area (Å²) in [5, 5.41) is 0. The van der Waals surface area contributed by atoms with Gasteiger partial charge in [-0.1, -0.05) is 88.4 Å². The maximum atomic E-state index is 13.6. The SMILES string of the molecule is CCc1cc(N2CC(COc3c(CC)cc(OCC4CO4)cc3Cc3ccccc3)OC2=O)c(CC)cc1N1CC(COc2cc(CC)c(OCC3CO3)c(Cc3ccccc3)c2)OC1=O. The fraction of sp³-hybridized carbons (Fsp3) is 0.407. The fourth-order valence-corrected chi connectivity index (χ4v) is 8.80. The summed E-state index contributed by atoms with van der Waals surface area (Å²) in [5.41, 5.74) is 9.85. The molecule has 4 atom stereocenters. The number of hydrogen-bond acceptors (Lipinski definition) is 10. The molecule has 12 heteroatoms. The predicted molar refractivity (Wildman–Crippen MR) is 252 cm³/mol. The number of nitrogens with zero attached hydrogens (tertiary/aromatic N) is 2. The Hall–Kier alpha value is -6.24. The summed E-state index contributed by atoms with van der Waals surface area (Å²) in [4.78, 5) is 30.6. The highest BCUT2D eigenvalue weighted by molar-refractivity contribution is 5.94. The molecule has 0 N–H and O–H groups in total. The van der Waals surface area contributed by atoms with Crippen LogP contribution in [0, 0.1) is 0 Å². The van der Waals surface area contributed by atoms with Crippen molar-refractivity contribution in [3.63, 3.8) is 0 Å². The minimum absolute atomic E-state index is 0.139. The lowest BCUT2D eigenvalue weighted by Crippen LogP contribution is -2.30. The molecule has 9 rings (SSSR count). The Morgan fingerprint density at radius 2 is 0.833 bits per heavy atom. The van der Waals surface area contributed by atoms with Gasteiger partial charge in [0, 0.05) is 24.0 Å². The van der Waals surface area contributed by atoms with E-state index in [1.54, 1.807) is 9.80 Å². The monoisotopic (exact) mass is 896 g/mol. The van der Waals surface area contributed by atoms with Crippen LogP contribution in [0.2, 0.25) is 0 Å². The van der Waals surface area contributed by atoms with Crippen LogP contribution in [0.1, 0.15) is 72.2 Å². The van der Waals surface area contributed by atoms with E-state index >= 15 is 0 Å². The zero-order valence-electron chi connectivity index (χ0n) is 38.4. The maximum absolute atomic E-state index is 13.6. The van der Waals surface area contributed by atoms with Crippen molar-refractivity contribution in [1.29, 1.82) is 0 Å². The molecule has 4 unspecified atom stereocenters. The Morgan fingerprint density at radius 3 is 1.23 bits per heavy atom. The van der Waals surface area contributed by atoms with E-state index in [9.17, 15) is 9.59 Å². The zero-order chi connectivity index (χ0) is 45.6. The van der Waals surface area contributed by atoms with Crippen LogP contribution in [0.3, 0.4) is 0 Å². The third-order valence-electron chi connectivity index (χ3n) is 12.5. The molecule has 2 amide bonds. The quantitative estimate of drug-likeness (QED) is 0.0622. The molecule has 5 aromatic carbocycles. The van der Waals surface area contributed by atoms with Crippen LogP contribution in [-0.4, -0.2) is 89.3 Å². The molecule has 346 valence electrons. The third kappa shape index (κ3) is 10.7. The number of hydrogen-bond donors (Lipinski definition) is 0. The average Bonchev–Trinajstić information content (AvgIpc) is 4.28. The number of carbonyl (C=O) groups is 2. The highest BCUT2D eigenvalue weighted by atomic mass is 16.6. The number of cyclic esters (lactones) is 2. The molecule has 4 heterocycles. The zero-order valence-corrected chi connectivity index (χ0v) is 38.4. The van der Waals surface area contributed by atoms with Gasteiger partial charge in [-0.15, -0.1) is 0 Å². The summed E-state index contributed by atoms with van der Waals surface area (Å²) in [7, 11) is 0. The van der Waals surface area contributed by atoms with Crippen LogP contribution < -0.4 is 28.7 Å². The molecular formula is C54H60N2O10. The van der Waals surface area contributed by atoms with Crippen molar-refractivity contribution in [2.75, 3.05) is 62.5 Å². The molecular weight excluding hydrogens is 837 g/mol. The highest BCUT2D eigenvalue weighted by Crippen LogP contribution is 2.38.